The molecule has 170 valence electrons. The van der Waals surface area contributed by atoms with Gasteiger partial charge in [0, 0.05) is 41.0 Å². The maximum absolute atomic E-state index is 11.6. The quantitative estimate of drug-likeness (QED) is 0.353. The molecule has 7 nitrogen and oxygen atoms in total. The highest BCUT2D eigenvalue weighted by Gasteiger charge is 2.18. The van der Waals surface area contributed by atoms with Crippen LogP contribution in [0.3, 0.4) is 0 Å². The van der Waals surface area contributed by atoms with E-state index in [1.54, 1.807) is 25.3 Å². The van der Waals surface area contributed by atoms with Gasteiger partial charge in [0.15, 0.2) is 0 Å². The van der Waals surface area contributed by atoms with Crippen LogP contribution >= 0.6 is 0 Å². The van der Waals surface area contributed by atoms with Crippen LogP contribution in [0.15, 0.2) is 71.5 Å². The van der Waals surface area contributed by atoms with Crippen molar-refractivity contribution in [2.45, 2.75) is 20.4 Å². The second kappa shape index (κ2) is 8.51. The Morgan fingerprint density at radius 2 is 1.91 bits per heavy atom. The van der Waals surface area contributed by atoms with Gasteiger partial charge in [-0.1, -0.05) is 29.4 Å². The number of hydrogen-bond acceptors (Lipinski definition) is 5. The summed E-state index contributed by atoms with van der Waals surface area (Å²) in [6.45, 7) is 4.37. The molecule has 0 unspecified atom stereocenters. The van der Waals surface area contributed by atoms with E-state index < -0.39 is 5.97 Å². The molecule has 7 heteroatoms. The van der Waals surface area contributed by atoms with Gasteiger partial charge in [0.2, 0.25) is 0 Å². The van der Waals surface area contributed by atoms with Crippen LogP contribution in [-0.4, -0.2) is 32.9 Å². The predicted octanol–water partition coefficient (Wildman–Crippen LogP) is 5.73. The SMILES string of the molecule is COc1cccc(Cn2cc(-c3cccc(C(=O)O)c3)c3cc(-c4c(C)noc4C)cnc32)c1. The molecule has 0 radical (unpaired) electrons. The lowest BCUT2D eigenvalue weighted by atomic mass is 10.0. The fraction of sp³-hybridized carbons (Fsp3) is 0.148. The third-order valence-corrected chi connectivity index (χ3v) is 5.94. The highest BCUT2D eigenvalue weighted by atomic mass is 16.5. The first-order valence-corrected chi connectivity index (χ1v) is 10.8. The molecule has 1 N–H and O–H groups in total. The molecule has 0 aliphatic rings. The van der Waals surface area contributed by atoms with Crippen molar-refractivity contribution >= 4 is 17.0 Å². The third-order valence-electron chi connectivity index (χ3n) is 5.94. The number of ether oxygens (including phenoxy) is 1. The lowest BCUT2D eigenvalue weighted by molar-refractivity contribution is 0.0697. The van der Waals surface area contributed by atoms with Crippen molar-refractivity contribution in [1.82, 2.24) is 14.7 Å². The summed E-state index contributed by atoms with van der Waals surface area (Å²) < 4.78 is 12.8. The van der Waals surface area contributed by atoms with Crippen molar-refractivity contribution in [3.05, 3.63) is 89.6 Å². The number of aromatic nitrogens is 3. The normalized spacial score (nSPS) is 11.1. The number of nitrogens with zero attached hydrogens (tertiary/aromatic N) is 3. The molecule has 2 aromatic carbocycles. The highest BCUT2D eigenvalue weighted by molar-refractivity contribution is 5.98. The van der Waals surface area contributed by atoms with E-state index in [0.29, 0.717) is 6.54 Å². The summed E-state index contributed by atoms with van der Waals surface area (Å²) in [7, 11) is 1.65. The molecule has 0 saturated heterocycles. The van der Waals surface area contributed by atoms with E-state index >= 15 is 0 Å². The van der Waals surface area contributed by atoms with E-state index in [1.807, 2.05) is 56.6 Å². The van der Waals surface area contributed by atoms with Crippen LogP contribution in [-0.2, 0) is 6.54 Å². The minimum absolute atomic E-state index is 0.237. The molecule has 5 rings (SSSR count). The Hall–Kier alpha value is -4.39. The number of rotatable bonds is 6. The number of carboxylic acid groups (broad SMARTS) is 1. The summed E-state index contributed by atoms with van der Waals surface area (Å²) >= 11 is 0. The second-order valence-corrected chi connectivity index (χ2v) is 8.20. The molecule has 0 saturated carbocycles. The smallest absolute Gasteiger partial charge is 0.335 e. The minimum Gasteiger partial charge on any atom is -0.497 e. The standard InChI is InChI=1S/C27H23N3O4/c1-16-25(17(2)34-29-16)21-12-23-24(19-7-5-8-20(11-19)27(31)32)15-30(26(23)28-13-21)14-18-6-4-9-22(10-18)33-3/h4-13,15H,14H2,1-3H3,(H,31,32). The molecule has 0 aliphatic heterocycles. The van der Waals surface area contributed by atoms with E-state index in [0.717, 1.165) is 56.1 Å². The number of carbonyl (C=O) groups is 1. The molecule has 34 heavy (non-hydrogen) atoms. The summed E-state index contributed by atoms with van der Waals surface area (Å²) in [6.07, 6.45) is 3.85. The molecule has 0 spiro atoms. The fourth-order valence-corrected chi connectivity index (χ4v) is 4.34. The van der Waals surface area contributed by atoms with Gasteiger partial charge in [-0.2, -0.15) is 0 Å². The summed E-state index contributed by atoms with van der Waals surface area (Å²) in [5, 5.41) is 14.5. The fourth-order valence-electron chi connectivity index (χ4n) is 4.34. The largest absolute Gasteiger partial charge is 0.497 e. The molecule has 0 atom stereocenters. The van der Waals surface area contributed by atoms with Gasteiger partial charge in [-0.3, -0.25) is 0 Å². The monoisotopic (exact) mass is 453 g/mol. The molecular formula is C27H23N3O4. The first kappa shape index (κ1) is 21.5. The van der Waals surface area contributed by atoms with Crippen molar-refractivity contribution in [3.8, 4) is 28.0 Å². The minimum atomic E-state index is -0.962. The summed E-state index contributed by atoms with van der Waals surface area (Å²) in [6, 6.07) is 16.9. The summed E-state index contributed by atoms with van der Waals surface area (Å²) in [5.41, 5.74) is 6.44. The number of aromatic carboxylic acids is 1. The average Bonchev–Trinajstić information content (AvgIpc) is 3.38. The van der Waals surface area contributed by atoms with Gasteiger partial charge in [0.05, 0.1) is 18.4 Å². The van der Waals surface area contributed by atoms with Gasteiger partial charge in [-0.05, 0) is 55.3 Å². The third kappa shape index (κ3) is 3.81. The van der Waals surface area contributed by atoms with Crippen molar-refractivity contribution in [2.24, 2.45) is 0 Å². The molecule has 0 amide bonds. The molecule has 3 aromatic heterocycles. The lowest BCUT2D eigenvalue weighted by Crippen LogP contribution is -1.99. The average molecular weight is 453 g/mol. The van der Waals surface area contributed by atoms with Crippen molar-refractivity contribution < 1.29 is 19.2 Å². The van der Waals surface area contributed by atoms with E-state index in [9.17, 15) is 9.90 Å². The molecule has 0 bridgehead atoms. The first-order valence-electron chi connectivity index (χ1n) is 10.8. The van der Waals surface area contributed by atoms with Gasteiger partial charge in [0.25, 0.3) is 0 Å². The van der Waals surface area contributed by atoms with Crippen LogP contribution in [0.2, 0.25) is 0 Å². The first-order chi connectivity index (χ1) is 16.4. The molecule has 3 heterocycles. The van der Waals surface area contributed by atoms with Gasteiger partial charge < -0.3 is 18.9 Å². The molecule has 0 fully saturated rings. The van der Waals surface area contributed by atoms with E-state index in [2.05, 4.69) is 15.8 Å². The Morgan fingerprint density at radius 1 is 1.09 bits per heavy atom. The van der Waals surface area contributed by atoms with Crippen LogP contribution < -0.4 is 4.74 Å². The van der Waals surface area contributed by atoms with Crippen LogP contribution in [0.5, 0.6) is 5.75 Å². The Bertz CT molecular complexity index is 1510. The number of fused-ring (bicyclic) bond motifs is 1. The Labute approximate surface area is 196 Å². The molecular weight excluding hydrogens is 430 g/mol. The van der Waals surface area contributed by atoms with Crippen LogP contribution in [0, 0.1) is 13.8 Å². The number of benzene rings is 2. The highest BCUT2D eigenvalue weighted by Crippen LogP contribution is 2.35. The molecule has 0 aliphatic carbocycles. The van der Waals surface area contributed by atoms with Crippen molar-refractivity contribution in [1.29, 1.82) is 0 Å². The van der Waals surface area contributed by atoms with Crippen molar-refractivity contribution in [2.75, 3.05) is 7.11 Å². The van der Waals surface area contributed by atoms with Gasteiger partial charge in [0.1, 0.15) is 17.2 Å². The number of aryl methyl sites for hydroxylation is 2. The van der Waals surface area contributed by atoms with Gasteiger partial charge >= 0.3 is 5.97 Å². The zero-order chi connectivity index (χ0) is 23.8. The number of hydrogen-bond donors (Lipinski definition) is 1. The lowest BCUT2D eigenvalue weighted by Gasteiger charge is -2.07. The summed E-state index contributed by atoms with van der Waals surface area (Å²) in [4.78, 5) is 16.4. The van der Waals surface area contributed by atoms with Gasteiger partial charge in [-0.15, -0.1) is 0 Å². The van der Waals surface area contributed by atoms with E-state index in [4.69, 9.17) is 14.2 Å². The van der Waals surface area contributed by atoms with Crippen molar-refractivity contribution in [3.63, 3.8) is 0 Å². The maximum atomic E-state index is 11.6. The topological polar surface area (TPSA) is 90.4 Å². The van der Waals surface area contributed by atoms with Crippen LogP contribution in [0.1, 0.15) is 27.4 Å². The molecule has 5 aromatic rings. The number of carboxylic acids is 1. The summed E-state index contributed by atoms with van der Waals surface area (Å²) in [5.74, 6) is 0.553. The van der Waals surface area contributed by atoms with Crippen LogP contribution in [0.25, 0.3) is 33.3 Å². The Balaban J connectivity index is 1.70. The second-order valence-electron chi connectivity index (χ2n) is 8.20. The van der Waals surface area contributed by atoms with Gasteiger partial charge in [-0.25, -0.2) is 9.78 Å². The Morgan fingerprint density at radius 3 is 2.65 bits per heavy atom. The predicted molar refractivity (Wildman–Crippen MR) is 129 cm³/mol. The zero-order valence-corrected chi connectivity index (χ0v) is 19.1. The van der Waals surface area contributed by atoms with E-state index in [-0.39, 0.29) is 5.56 Å². The maximum Gasteiger partial charge on any atom is 0.335 e. The Kier molecular flexibility index (Phi) is 5.37. The number of pyridine rings is 1. The van der Waals surface area contributed by atoms with E-state index in [1.165, 1.54) is 0 Å². The zero-order valence-electron chi connectivity index (χ0n) is 19.1. The number of methoxy groups -OCH3 is 1. The van der Waals surface area contributed by atoms with Crippen LogP contribution in [0.4, 0.5) is 0 Å².